The molecule has 9 heteroatoms. The van der Waals surface area contributed by atoms with Gasteiger partial charge in [-0.05, 0) is 72.5 Å². The van der Waals surface area contributed by atoms with E-state index in [9.17, 15) is 4.79 Å². The Morgan fingerprint density at radius 3 is 2.62 bits per heavy atom. The van der Waals surface area contributed by atoms with Crippen LogP contribution in [-0.2, 0) is 19.2 Å². The number of nitrogens with zero attached hydrogens (tertiary/aromatic N) is 4. The lowest BCUT2D eigenvalue weighted by molar-refractivity contribution is 0.303. The summed E-state index contributed by atoms with van der Waals surface area (Å²) in [6.07, 6.45) is 0.955. The summed E-state index contributed by atoms with van der Waals surface area (Å²) in [6.45, 7) is 8.64. The van der Waals surface area contributed by atoms with Crippen LogP contribution in [0, 0.1) is 6.92 Å². The van der Waals surface area contributed by atoms with Gasteiger partial charge in [-0.3, -0.25) is 0 Å². The Hall–Kier alpha value is -3.10. The number of hydrogen-bond donors (Lipinski definition) is 2. The Morgan fingerprint density at radius 2 is 1.97 bits per heavy atom. The highest BCUT2D eigenvalue weighted by molar-refractivity contribution is 6.31. The Morgan fingerprint density at radius 1 is 1.19 bits per heavy atom. The Kier molecular flexibility index (Phi) is 5.83. The minimum atomic E-state index is -0.352. The van der Waals surface area contributed by atoms with E-state index < -0.39 is 0 Å². The van der Waals surface area contributed by atoms with Gasteiger partial charge < -0.3 is 10.2 Å². The van der Waals surface area contributed by atoms with Gasteiger partial charge in [0.1, 0.15) is 12.4 Å². The molecule has 0 saturated carbocycles. The zero-order valence-corrected chi connectivity index (χ0v) is 19.6. The van der Waals surface area contributed by atoms with Crippen molar-refractivity contribution in [3.8, 4) is 11.4 Å². The minimum absolute atomic E-state index is 0.189. The standard InChI is InChI=1S/C23H27ClN6O2/c1-6-18-15(3)25-26-23(18,4)16-10-11-21(14(2)12-16)32-13-17-19(24)8-7-9-20(17)30-22(31)29(5)27-28-30/h7-12,25-26H,6,13H2,1-5H3. The number of tetrazole rings is 1. The fourth-order valence-electron chi connectivity index (χ4n) is 4.24. The van der Waals surface area contributed by atoms with Crippen molar-refractivity contribution in [3.05, 3.63) is 79.9 Å². The third-order valence-electron chi connectivity index (χ3n) is 6.08. The lowest BCUT2D eigenvalue weighted by atomic mass is 9.83. The van der Waals surface area contributed by atoms with E-state index in [1.165, 1.54) is 20.6 Å². The number of hydrazine groups is 1. The molecule has 32 heavy (non-hydrogen) atoms. The number of ether oxygens (including phenoxy) is 1. The highest BCUT2D eigenvalue weighted by Gasteiger charge is 2.36. The molecular weight excluding hydrogens is 428 g/mol. The van der Waals surface area contributed by atoms with Crippen LogP contribution < -0.4 is 21.3 Å². The summed E-state index contributed by atoms with van der Waals surface area (Å²) in [7, 11) is 1.55. The topological polar surface area (TPSA) is 86.0 Å². The molecule has 4 rings (SSSR count). The van der Waals surface area contributed by atoms with Crippen LogP contribution in [0.15, 0.2) is 52.5 Å². The van der Waals surface area contributed by atoms with Crippen LogP contribution in [0.4, 0.5) is 0 Å². The van der Waals surface area contributed by atoms with Crippen LogP contribution in [0.5, 0.6) is 5.75 Å². The monoisotopic (exact) mass is 454 g/mol. The largest absolute Gasteiger partial charge is 0.488 e. The molecule has 0 radical (unpaired) electrons. The molecule has 1 aromatic heterocycles. The Balaban J connectivity index is 1.61. The van der Waals surface area contributed by atoms with Crippen LogP contribution >= 0.6 is 11.6 Å². The highest BCUT2D eigenvalue weighted by Crippen LogP contribution is 2.37. The molecule has 1 unspecified atom stereocenters. The van der Waals surface area contributed by atoms with E-state index in [1.54, 1.807) is 25.2 Å². The number of aromatic nitrogens is 4. The van der Waals surface area contributed by atoms with Gasteiger partial charge in [-0.1, -0.05) is 36.7 Å². The molecular formula is C23H27ClN6O2. The summed E-state index contributed by atoms with van der Waals surface area (Å²) in [6, 6.07) is 11.5. The van der Waals surface area contributed by atoms with Gasteiger partial charge in [0, 0.05) is 23.3 Å². The fourth-order valence-corrected chi connectivity index (χ4v) is 4.46. The van der Waals surface area contributed by atoms with Crippen LogP contribution in [0.2, 0.25) is 5.02 Å². The van der Waals surface area contributed by atoms with Crippen molar-refractivity contribution in [3.63, 3.8) is 0 Å². The lowest BCUT2D eigenvalue weighted by Crippen LogP contribution is -2.41. The normalized spacial score (nSPS) is 18.2. The molecule has 1 aliphatic rings. The maximum atomic E-state index is 12.3. The van der Waals surface area contributed by atoms with Crippen molar-refractivity contribution in [1.29, 1.82) is 0 Å². The molecule has 0 spiro atoms. The second-order valence-electron chi connectivity index (χ2n) is 8.14. The quantitative estimate of drug-likeness (QED) is 0.592. The molecule has 0 fully saturated rings. The summed E-state index contributed by atoms with van der Waals surface area (Å²) in [5.41, 5.74) is 11.9. The molecule has 0 bridgehead atoms. The molecule has 8 nitrogen and oxygen atoms in total. The fraction of sp³-hybridized carbons (Fsp3) is 0.348. The van der Waals surface area contributed by atoms with Gasteiger partial charge in [-0.2, -0.15) is 9.36 Å². The van der Waals surface area contributed by atoms with Crippen LogP contribution in [0.3, 0.4) is 0 Å². The molecule has 3 aromatic rings. The molecule has 1 atom stereocenters. The molecule has 1 aliphatic heterocycles. The van der Waals surface area contributed by atoms with E-state index in [4.69, 9.17) is 16.3 Å². The molecule has 2 aromatic carbocycles. The first-order valence-corrected chi connectivity index (χ1v) is 10.9. The summed E-state index contributed by atoms with van der Waals surface area (Å²) in [5, 5.41) is 8.21. The zero-order chi connectivity index (χ0) is 23.0. The smallest absolute Gasteiger partial charge is 0.368 e. The summed E-state index contributed by atoms with van der Waals surface area (Å²) in [4.78, 5) is 12.3. The maximum absolute atomic E-state index is 12.3. The number of rotatable bonds is 6. The van der Waals surface area contributed by atoms with Crippen molar-refractivity contribution >= 4 is 11.6 Å². The maximum Gasteiger partial charge on any atom is 0.368 e. The van der Waals surface area contributed by atoms with Gasteiger partial charge in [0.05, 0.1) is 11.2 Å². The molecule has 2 heterocycles. The van der Waals surface area contributed by atoms with E-state index in [-0.39, 0.29) is 17.8 Å². The first-order valence-electron chi connectivity index (χ1n) is 10.5. The summed E-state index contributed by atoms with van der Waals surface area (Å²) in [5.74, 6) is 0.749. The second kappa shape index (κ2) is 8.44. The van der Waals surface area contributed by atoms with Crippen LogP contribution in [-0.4, -0.2) is 19.8 Å². The van der Waals surface area contributed by atoms with Gasteiger partial charge in [-0.25, -0.2) is 10.2 Å². The lowest BCUT2D eigenvalue weighted by Gasteiger charge is -2.28. The number of nitrogens with one attached hydrogen (secondary N) is 2. The average molecular weight is 455 g/mol. The molecule has 0 amide bonds. The van der Waals surface area contributed by atoms with Gasteiger partial charge in [0.25, 0.3) is 0 Å². The third-order valence-corrected chi connectivity index (χ3v) is 6.43. The predicted molar refractivity (Wildman–Crippen MR) is 124 cm³/mol. The number of allylic oxidation sites excluding steroid dienone is 1. The molecule has 2 N–H and O–H groups in total. The van der Waals surface area contributed by atoms with Crippen molar-refractivity contribution in [2.45, 2.75) is 46.3 Å². The highest BCUT2D eigenvalue weighted by atomic mass is 35.5. The van der Waals surface area contributed by atoms with Crippen LogP contribution in [0.1, 0.15) is 43.9 Å². The van der Waals surface area contributed by atoms with Crippen molar-refractivity contribution < 1.29 is 4.74 Å². The van der Waals surface area contributed by atoms with Gasteiger partial charge in [0.15, 0.2) is 0 Å². The third kappa shape index (κ3) is 3.69. The van der Waals surface area contributed by atoms with E-state index in [1.807, 2.05) is 13.0 Å². The SMILES string of the molecule is CCC1=C(C)NNC1(C)c1ccc(OCc2c(Cl)cccc2-n2nnn(C)c2=O)c(C)c1. The van der Waals surface area contributed by atoms with Gasteiger partial charge >= 0.3 is 5.69 Å². The summed E-state index contributed by atoms with van der Waals surface area (Å²) < 4.78 is 8.53. The molecule has 168 valence electrons. The number of halogens is 1. The van der Waals surface area contributed by atoms with Gasteiger partial charge in [0.2, 0.25) is 0 Å². The van der Waals surface area contributed by atoms with Crippen molar-refractivity contribution in [2.24, 2.45) is 7.05 Å². The first-order chi connectivity index (χ1) is 15.3. The van der Waals surface area contributed by atoms with Crippen molar-refractivity contribution in [2.75, 3.05) is 0 Å². The summed E-state index contributed by atoms with van der Waals surface area (Å²) >= 11 is 6.45. The van der Waals surface area contributed by atoms with Gasteiger partial charge in [-0.15, -0.1) is 0 Å². The van der Waals surface area contributed by atoms with E-state index in [0.29, 0.717) is 16.3 Å². The average Bonchev–Trinajstić information content (AvgIpc) is 3.26. The predicted octanol–water partition coefficient (Wildman–Crippen LogP) is 3.51. The molecule has 0 saturated heterocycles. The van der Waals surface area contributed by atoms with E-state index >= 15 is 0 Å². The Bertz CT molecular complexity index is 1260. The van der Waals surface area contributed by atoms with Crippen molar-refractivity contribution in [1.82, 2.24) is 30.6 Å². The minimum Gasteiger partial charge on any atom is -0.488 e. The molecule has 0 aliphatic carbocycles. The first kappa shape index (κ1) is 22.1. The van der Waals surface area contributed by atoms with E-state index in [2.05, 4.69) is 54.2 Å². The van der Waals surface area contributed by atoms with E-state index in [0.717, 1.165) is 23.3 Å². The number of benzene rings is 2. The van der Waals surface area contributed by atoms with Crippen LogP contribution in [0.25, 0.3) is 5.69 Å². The number of hydrogen-bond acceptors (Lipinski definition) is 6. The number of aryl methyl sites for hydroxylation is 2. The zero-order valence-electron chi connectivity index (χ0n) is 18.9. The second-order valence-corrected chi connectivity index (χ2v) is 8.54. The Labute approximate surface area is 191 Å².